The third-order valence-electron chi connectivity index (χ3n) is 3.32. The fourth-order valence-electron chi connectivity index (χ4n) is 2.18. The maximum absolute atomic E-state index is 11.7. The van der Waals surface area contributed by atoms with Crippen LogP contribution in [0.25, 0.3) is 0 Å². The van der Waals surface area contributed by atoms with Crippen molar-refractivity contribution in [2.45, 2.75) is 6.42 Å². The van der Waals surface area contributed by atoms with Gasteiger partial charge in [0, 0.05) is 12.6 Å². The molecule has 1 aromatic carbocycles. The van der Waals surface area contributed by atoms with Crippen LogP contribution in [0.2, 0.25) is 0 Å². The normalized spacial score (nSPS) is 19.5. The molecule has 1 unspecified atom stereocenters. The molecule has 0 bridgehead atoms. The van der Waals surface area contributed by atoms with E-state index in [0.717, 1.165) is 12.1 Å². The summed E-state index contributed by atoms with van der Waals surface area (Å²) in [5, 5.41) is 25.0. The van der Waals surface area contributed by atoms with E-state index in [1.165, 1.54) is 6.07 Å². The average Bonchev–Trinajstić information content (AvgIpc) is 2.78. The van der Waals surface area contributed by atoms with Gasteiger partial charge in [0.05, 0.1) is 28.2 Å². The molecule has 22 heavy (non-hydrogen) atoms. The second-order valence-electron chi connectivity index (χ2n) is 5.06. The molecule has 1 fully saturated rings. The number of hydrogen-bond donors (Lipinski definition) is 3. The van der Waals surface area contributed by atoms with Crippen LogP contribution in [-0.4, -0.2) is 42.5 Å². The molecular weight excluding hydrogens is 314 g/mol. The standard InChI is InChI=1S/C12H15N3O6S/c16-11-5-9(15(18)19)1-2-10(11)14-12(17)13-6-8-3-4-22(20,21)7-8/h1-2,5,8,16H,3-4,6-7H2,(H2,13,14,17). The number of rotatable bonds is 4. The lowest BCUT2D eigenvalue weighted by Gasteiger charge is -2.11. The third-order valence-corrected chi connectivity index (χ3v) is 5.16. The number of non-ortho nitro benzene ring substituents is 1. The van der Waals surface area contributed by atoms with E-state index in [2.05, 4.69) is 10.6 Å². The van der Waals surface area contributed by atoms with Gasteiger partial charge < -0.3 is 15.7 Å². The van der Waals surface area contributed by atoms with Gasteiger partial charge in [0.1, 0.15) is 5.75 Å². The van der Waals surface area contributed by atoms with Crippen LogP contribution in [0.1, 0.15) is 6.42 Å². The number of sulfone groups is 1. The number of hydrogen-bond acceptors (Lipinski definition) is 6. The van der Waals surface area contributed by atoms with E-state index >= 15 is 0 Å². The number of anilines is 1. The molecule has 0 spiro atoms. The predicted octanol–water partition coefficient (Wildman–Crippen LogP) is 0.857. The highest BCUT2D eigenvalue weighted by molar-refractivity contribution is 7.91. The number of carbonyl (C=O) groups excluding carboxylic acids is 1. The molecule has 10 heteroatoms. The van der Waals surface area contributed by atoms with Crippen LogP contribution in [-0.2, 0) is 9.84 Å². The predicted molar refractivity (Wildman–Crippen MR) is 78.5 cm³/mol. The Labute approximate surface area is 126 Å². The zero-order valence-electron chi connectivity index (χ0n) is 11.5. The number of phenolic OH excluding ortho intramolecular Hbond substituents is 1. The Morgan fingerprint density at radius 3 is 2.73 bits per heavy atom. The minimum Gasteiger partial charge on any atom is -0.506 e. The summed E-state index contributed by atoms with van der Waals surface area (Å²) < 4.78 is 22.6. The number of amides is 2. The van der Waals surface area contributed by atoms with Gasteiger partial charge in [-0.3, -0.25) is 10.1 Å². The van der Waals surface area contributed by atoms with Crippen LogP contribution < -0.4 is 10.6 Å². The summed E-state index contributed by atoms with van der Waals surface area (Å²) in [5.41, 5.74) is -0.262. The Kier molecular flexibility index (Phi) is 4.50. The number of phenols is 1. The van der Waals surface area contributed by atoms with Crippen molar-refractivity contribution >= 4 is 27.2 Å². The lowest BCUT2D eigenvalue weighted by Crippen LogP contribution is -2.33. The first-order chi connectivity index (χ1) is 10.3. The highest BCUT2D eigenvalue weighted by Crippen LogP contribution is 2.27. The first-order valence-corrected chi connectivity index (χ1v) is 8.31. The molecule has 3 N–H and O–H groups in total. The molecular formula is C12H15N3O6S. The van der Waals surface area contributed by atoms with Crippen LogP contribution in [0.15, 0.2) is 18.2 Å². The molecule has 120 valence electrons. The summed E-state index contributed by atoms with van der Waals surface area (Å²) in [5.74, 6) is -0.366. The van der Waals surface area contributed by atoms with E-state index in [-0.39, 0.29) is 35.3 Å². The van der Waals surface area contributed by atoms with Crippen molar-refractivity contribution in [2.24, 2.45) is 5.92 Å². The van der Waals surface area contributed by atoms with E-state index in [1.54, 1.807) is 0 Å². The van der Waals surface area contributed by atoms with Crippen LogP contribution in [0.5, 0.6) is 5.75 Å². The second kappa shape index (κ2) is 6.18. The number of nitrogens with one attached hydrogen (secondary N) is 2. The largest absolute Gasteiger partial charge is 0.506 e. The highest BCUT2D eigenvalue weighted by Gasteiger charge is 2.27. The molecule has 0 radical (unpaired) electrons. The maximum Gasteiger partial charge on any atom is 0.319 e. The van der Waals surface area contributed by atoms with Crippen molar-refractivity contribution in [1.29, 1.82) is 0 Å². The summed E-state index contributed by atoms with van der Waals surface area (Å²) in [7, 11) is -3.00. The van der Waals surface area contributed by atoms with E-state index < -0.39 is 26.5 Å². The van der Waals surface area contributed by atoms with Gasteiger partial charge in [-0.05, 0) is 18.4 Å². The summed E-state index contributed by atoms with van der Waals surface area (Å²) in [6, 6.07) is 2.68. The molecule has 1 saturated heterocycles. The highest BCUT2D eigenvalue weighted by atomic mass is 32.2. The lowest BCUT2D eigenvalue weighted by atomic mass is 10.1. The molecule has 0 saturated carbocycles. The Morgan fingerprint density at radius 1 is 1.45 bits per heavy atom. The van der Waals surface area contributed by atoms with Crippen LogP contribution in [0.4, 0.5) is 16.2 Å². The van der Waals surface area contributed by atoms with Crippen molar-refractivity contribution in [1.82, 2.24) is 5.32 Å². The average molecular weight is 329 g/mol. The van der Waals surface area contributed by atoms with Gasteiger partial charge in [0.25, 0.3) is 5.69 Å². The van der Waals surface area contributed by atoms with Gasteiger partial charge in [0.2, 0.25) is 0 Å². The lowest BCUT2D eigenvalue weighted by molar-refractivity contribution is -0.384. The van der Waals surface area contributed by atoms with Crippen molar-refractivity contribution < 1.29 is 23.2 Å². The van der Waals surface area contributed by atoms with Crippen molar-refractivity contribution in [3.63, 3.8) is 0 Å². The molecule has 1 aliphatic rings. The number of nitro groups is 1. The van der Waals surface area contributed by atoms with Gasteiger partial charge in [-0.25, -0.2) is 13.2 Å². The Hall–Kier alpha value is -2.36. The number of aromatic hydroxyl groups is 1. The zero-order chi connectivity index (χ0) is 16.3. The number of nitro benzene ring substituents is 1. The van der Waals surface area contributed by atoms with Crippen molar-refractivity contribution in [3.8, 4) is 5.75 Å². The number of nitrogens with zero attached hydrogens (tertiary/aromatic N) is 1. The summed E-state index contributed by atoms with van der Waals surface area (Å²) in [6.45, 7) is 0.207. The first-order valence-electron chi connectivity index (χ1n) is 6.49. The quantitative estimate of drug-likeness (QED) is 0.425. The Bertz CT molecular complexity index is 703. The minimum absolute atomic E-state index is 0.0298. The van der Waals surface area contributed by atoms with Gasteiger partial charge >= 0.3 is 6.03 Å². The minimum atomic E-state index is -3.00. The topological polar surface area (TPSA) is 139 Å². The first kappa shape index (κ1) is 16.0. The van der Waals surface area contributed by atoms with Gasteiger partial charge in [-0.2, -0.15) is 0 Å². The Balaban J connectivity index is 1.88. The molecule has 2 rings (SSSR count). The third kappa shape index (κ3) is 4.07. The molecule has 1 atom stereocenters. The van der Waals surface area contributed by atoms with Crippen LogP contribution in [0.3, 0.4) is 0 Å². The fraction of sp³-hybridized carbons (Fsp3) is 0.417. The number of carbonyl (C=O) groups is 1. The zero-order valence-corrected chi connectivity index (χ0v) is 12.3. The number of benzene rings is 1. The van der Waals surface area contributed by atoms with E-state index in [9.17, 15) is 28.4 Å². The Morgan fingerprint density at radius 2 is 2.18 bits per heavy atom. The molecule has 1 heterocycles. The SMILES string of the molecule is O=C(NCC1CCS(=O)(=O)C1)Nc1ccc([N+](=O)[O-])cc1O. The monoisotopic (exact) mass is 329 g/mol. The fourth-order valence-corrected chi connectivity index (χ4v) is 4.04. The van der Waals surface area contributed by atoms with Crippen LogP contribution in [0, 0.1) is 16.0 Å². The maximum atomic E-state index is 11.7. The summed E-state index contributed by atoms with van der Waals surface area (Å²) >= 11 is 0. The van der Waals surface area contributed by atoms with Crippen molar-refractivity contribution in [3.05, 3.63) is 28.3 Å². The van der Waals surface area contributed by atoms with Crippen LogP contribution >= 0.6 is 0 Å². The summed E-state index contributed by atoms with van der Waals surface area (Å²) in [4.78, 5) is 21.6. The second-order valence-corrected chi connectivity index (χ2v) is 7.29. The molecule has 2 amide bonds. The van der Waals surface area contributed by atoms with Gasteiger partial charge in [-0.15, -0.1) is 0 Å². The van der Waals surface area contributed by atoms with Gasteiger partial charge in [0.15, 0.2) is 9.84 Å². The van der Waals surface area contributed by atoms with E-state index in [4.69, 9.17) is 0 Å². The molecule has 0 aromatic heterocycles. The molecule has 1 aliphatic heterocycles. The molecule has 1 aromatic rings. The van der Waals surface area contributed by atoms with Gasteiger partial charge in [-0.1, -0.05) is 0 Å². The number of urea groups is 1. The van der Waals surface area contributed by atoms with E-state index in [0.29, 0.717) is 6.42 Å². The summed E-state index contributed by atoms with van der Waals surface area (Å²) in [6.07, 6.45) is 0.505. The molecule has 9 nitrogen and oxygen atoms in total. The smallest absolute Gasteiger partial charge is 0.319 e. The van der Waals surface area contributed by atoms with Crippen molar-refractivity contribution in [2.75, 3.05) is 23.4 Å². The molecule has 0 aliphatic carbocycles. The van der Waals surface area contributed by atoms with E-state index in [1.807, 2.05) is 0 Å².